The third kappa shape index (κ3) is 3.42. The van der Waals surface area contributed by atoms with E-state index in [-0.39, 0.29) is 18.2 Å². The van der Waals surface area contributed by atoms with Crippen molar-refractivity contribution in [2.75, 3.05) is 0 Å². The lowest BCUT2D eigenvalue weighted by Gasteiger charge is -2.03. The molecule has 0 spiro atoms. The fourth-order valence-electron chi connectivity index (χ4n) is 2.02. The first-order valence-corrected chi connectivity index (χ1v) is 6.87. The van der Waals surface area contributed by atoms with Crippen LogP contribution in [-0.4, -0.2) is 26.0 Å². The highest BCUT2D eigenvalue weighted by atomic mass is 16.5. The van der Waals surface area contributed by atoms with Crippen LogP contribution in [0.3, 0.4) is 0 Å². The van der Waals surface area contributed by atoms with Crippen LogP contribution in [0.2, 0.25) is 0 Å². The van der Waals surface area contributed by atoms with E-state index in [1.807, 2.05) is 6.92 Å². The zero-order chi connectivity index (χ0) is 15.4. The van der Waals surface area contributed by atoms with Crippen LogP contribution < -0.4 is 4.74 Å². The van der Waals surface area contributed by atoms with Gasteiger partial charge in [-0.2, -0.15) is 0 Å². The molecule has 1 N–H and O–H groups in total. The van der Waals surface area contributed by atoms with Crippen molar-refractivity contribution in [2.24, 2.45) is 7.05 Å². The highest BCUT2D eigenvalue weighted by Gasteiger charge is 2.16. The Morgan fingerprint density at radius 2 is 2.29 bits per heavy atom. The summed E-state index contributed by atoms with van der Waals surface area (Å²) in [7, 11) is 1.56. The largest absolute Gasteiger partial charge is 0.477 e. The number of nitrogens with zero attached hydrogens (tertiary/aromatic N) is 3. The molecule has 0 unspecified atom stereocenters. The summed E-state index contributed by atoms with van der Waals surface area (Å²) in [5, 5.41) is 17.0. The molecule has 0 atom stereocenters. The van der Waals surface area contributed by atoms with Crippen LogP contribution in [0.5, 0.6) is 5.88 Å². The molecule has 7 nitrogen and oxygen atoms in total. The fraction of sp³-hybridized carbons (Fsp3) is 0.500. The molecular weight excluding hydrogens is 274 g/mol. The van der Waals surface area contributed by atoms with E-state index in [0.29, 0.717) is 0 Å². The second-order valence-corrected chi connectivity index (χ2v) is 4.85. The van der Waals surface area contributed by atoms with Gasteiger partial charge in [0.15, 0.2) is 0 Å². The molecule has 2 heterocycles. The Hall–Kier alpha value is -2.31. The van der Waals surface area contributed by atoms with Crippen molar-refractivity contribution in [3.8, 4) is 5.88 Å². The van der Waals surface area contributed by atoms with E-state index in [1.54, 1.807) is 7.05 Å². The van der Waals surface area contributed by atoms with Gasteiger partial charge in [-0.1, -0.05) is 18.5 Å². The Balaban J connectivity index is 2.07. The van der Waals surface area contributed by atoms with Crippen LogP contribution in [0, 0.1) is 6.92 Å². The molecule has 0 radical (unpaired) electrons. The average molecular weight is 293 g/mol. The minimum absolute atomic E-state index is 0.0817. The van der Waals surface area contributed by atoms with E-state index >= 15 is 0 Å². The first kappa shape index (κ1) is 15.1. The number of aryl methyl sites for hydroxylation is 3. The van der Waals surface area contributed by atoms with E-state index in [0.717, 1.165) is 36.3 Å². The normalized spacial score (nSPS) is 10.8. The van der Waals surface area contributed by atoms with Gasteiger partial charge < -0.3 is 14.4 Å². The number of ether oxygens (including phenoxy) is 1. The third-order valence-corrected chi connectivity index (χ3v) is 3.27. The van der Waals surface area contributed by atoms with Gasteiger partial charge in [-0.3, -0.25) is 4.68 Å². The number of aromatic carboxylic acids is 1. The Morgan fingerprint density at radius 1 is 1.52 bits per heavy atom. The van der Waals surface area contributed by atoms with Gasteiger partial charge in [-0.25, -0.2) is 4.79 Å². The minimum Gasteiger partial charge on any atom is -0.477 e. The van der Waals surface area contributed by atoms with Gasteiger partial charge in [0.05, 0.1) is 11.3 Å². The maximum atomic E-state index is 11.0. The topological polar surface area (TPSA) is 90.4 Å². The molecule has 114 valence electrons. The number of hydrogen-bond donors (Lipinski definition) is 1. The summed E-state index contributed by atoms with van der Waals surface area (Å²) in [6.45, 7) is 4.22. The van der Waals surface area contributed by atoms with Crippen LogP contribution >= 0.6 is 0 Å². The molecule has 7 heteroatoms. The molecule has 0 bridgehead atoms. The van der Waals surface area contributed by atoms with E-state index in [4.69, 9.17) is 14.4 Å². The summed E-state index contributed by atoms with van der Waals surface area (Å²) in [4.78, 5) is 11.0. The standard InChI is InChI=1S/C14H19N3O4/c1-4-5-6-11-10(9(2)21-16-11)8-20-13-7-12(14(18)19)17(3)15-13/h7H,4-6,8H2,1-3H3,(H,18,19). The summed E-state index contributed by atoms with van der Waals surface area (Å²) in [6, 6.07) is 1.40. The second kappa shape index (κ2) is 6.43. The predicted molar refractivity (Wildman–Crippen MR) is 74.4 cm³/mol. The maximum absolute atomic E-state index is 11.0. The molecule has 0 aliphatic carbocycles. The summed E-state index contributed by atoms with van der Waals surface area (Å²) >= 11 is 0. The number of unbranched alkanes of at least 4 members (excludes halogenated alkanes) is 1. The molecule has 2 rings (SSSR count). The maximum Gasteiger partial charge on any atom is 0.354 e. The zero-order valence-corrected chi connectivity index (χ0v) is 12.4. The van der Waals surface area contributed by atoms with Gasteiger partial charge in [0.25, 0.3) is 0 Å². The van der Waals surface area contributed by atoms with Gasteiger partial charge in [-0.05, 0) is 19.8 Å². The summed E-state index contributed by atoms with van der Waals surface area (Å²) in [6.07, 6.45) is 2.95. The van der Waals surface area contributed by atoms with Crippen molar-refractivity contribution in [3.05, 3.63) is 28.8 Å². The molecule has 0 saturated heterocycles. The van der Waals surface area contributed by atoms with Crippen LogP contribution in [0.1, 0.15) is 47.3 Å². The Bertz CT molecular complexity index is 630. The number of aromatic nitrogens is 3. The second-order valence-electron chi connectivity index (χ2n) is 4.85. The predicted octanol–water partition coefficient (Wildman–Crippen LogP) is 2.34. The highest BCUT2D eigenvalue weighted by molar-refractivity contribution is 5.85. The molecule has 0 saturated carbocycles. The molecule has 21 heavy (non-hydrogen) atoms. The number of hydrogen-bond acceptors (Lipinski definition) is 5. The highest BCUT2D eigenvalue weighted by Crippen LogP contribution is 2.19. The first-order chi connectivity index (χ1) is 10.0. The Labute approximate surface area is 122 Å². The van der Waals surface area contributed by atoms with Gasteiger partial charge in [0, 0.05) is 13.1 Å². The third-order valence-electron chi connectivity index (χ3n) is 3.27. The van der Waals surface area contributed by atoms with Gasteiger partial charge >= 0.3 is 5.97 Å². The summed E-state index contributed by atoms with van der Waals surface area (Å²) in [5.41, 5.74) is 1.88. The lowest BCUT2D eigenvalue weighted by atomic mass is 10.1. The van der Waals surface area contributed by atoms with Crippen molar-refractivity contribution in [2.45, 2.75) is 39.7 Å². The average Bonchev–Trinajstić information content (AvgIpc) is 2.97. The van der Waals surface area contributed by atoms with Crippen LogP contribution in [0.25, 0.3) is 0 Å². The van der Waals surface area contributed by atoms with E-state index in [9.17, 15) is 4.79 Å². The van der Waals surface area contributed by atoms with Crippen molar-refractivity contribution in [1.29, 1.82) is 0 Å². The molecule has 2 aromatic rings. The number of carbonyl (C=O) groups is 1. The molecule has 0 aliphatic heterocycles. The lowest BCUT2D eigenvalue weighted by molar-refractivity contribution is 0.0685. The molecule has 0 fully saturated rings. The van der Waals surface area contributed by atoms with Crippen LogP contribution in [0.4, 0.5) is 0 Å². The van der Waals surface area contributed by atoms with Gasteiger partial charge in [0.2, 0.25) is 5.88 Å². The van der Waals surface area contributed by atoms with E-state index in [2.05, 4.69) is 17.2 Å². The van der Waals surface area contributed by atoms with Crippen LogP contribution in [-0.2, 0) is 20.1 Å². The summed E-state index contributed by atoms with van der Waals surface area (Å²) < 4.78 is 12.0. The van der Waals surface area contributed by atoms with Gasteiger partial charge in [0.1, 0.15) is 18.1 Å². The molecule has 2 aromatic heterocycles. The number of carboxylic acid groups (broad SMARTS) is 1. The Morgan fingerprint density at radius 3 is 2.90 bits per heavy atom. The molecule has 0 aliphatic rings. The van der Waals surface area contributed by atoms with Crippen molar-refractivity contribution in [3.63, 3.8) is 0 Å². The Kier molecular flexibility index (Phi) is 4.62. The molecule has 0 aromatic carbocycles. The van der Waals surface area contributed by atoms with Crippen molar-refractivity contribution >= 4 is 5.97 Å². The quantitative estimate of drug-likeness (QED) is 0.842. The number of rotatable bonds is 7. The summed E-state index contributed by atoms with van der Waals surface area (Å²) in [5.74, 6) is -0.0444. The van der Waals surface area contributed by atoms with E-state index in [1.165, 1.54) is 10.7 Å². The fourth-order valence-corrected chi connectivity index (χ4v) is 2.02. The van der Waals surface area contributed by atoms with Crippen molar-refractivity contribution in [1.82, 2.24) is 14.9 Å². The zero-order valence-electron chi connectivity index (χ0n) is 12.4. The number of carboxylic acids is 1. The first-order valence-electron chi connectivity index (χ1n) is 6.87. The minimum atomic E-state index is -1.04. The molecule has 0 amide bonds. The lowest BCUT2D eigenvalue weighted by Crippen LogP contribution is -2.04. The SMILES string of the molecule is CCCCc1noc(C)c1COc1cc(C(=O)O)n(C)n1. The smallest absolute Gasteiger partial charge is 0.354 e. The van der Waals surface area contributed by atoms with Gasteiger partial charge in [-0.15, -0.1) is 5.10 Å². The van der Waals surface area contributed by atoms with Crippen LogP contribution in [0.15, 0.2) is 10.6 Å². The monoisotopic (exact) mass is 293 g/mol. The molecular formula is C14H19N3O4. The van der Waals surface area contributed by atoms with E-state index < -0.39 is 5.97 Å². The van der Waals surface area contributed by atoms with Crippen molar-refractivity contribution < 1.29 is 19.2 Å².